The van der Waals surface area contributed by atoms with E-state index in [-0.39, 0.29) is 11.5 Å². The van der Waals surface area contributed by atoms with Gasteiger partial charge in [-0.3, -0.25) is 4.79 Å². The Hall–Kier alpha value is -4.06. The topological polar surface area (TPSA) is 110 Å². The van der Waals surface area contributed by atoms with E-state index >= 15 is 0 Å². The molecule has 0 spiro atoms. The van der Waals surface area contributed by atoms with Gasteiger partial charge in [0.05, 0.1) is 11.3 Å². The first-order chi connectivity index (χ1) is 18.0. The molecule has 0 unspecified atom stereocenters. The normalized spacial score (nSPS) is 13.3. The lowest BCUT2D eigenvalue weighted by molar-refractivity contribution is -0.192. The van der Waals surface area contributed by atoms with E-state index < -0.39 is 18.1 Å². The first-order valence-electron chi connectivity index (χ1n) is 11.2. The van der Waals surface area contributed by atoms with Gasteiger partial charge in [-0.2, -0.15) is 13.2 Å². The van der Waals surface area contributed by atoms with E-state index in [4.69, 9.17) is 9.90 Å². The van der Waals surface area contributed by atoms with Gasteiger partial charge in [-0.25, -0.2) is 9.59 Å². The zero-order valence-corrected chi connectivity index (χ0v) is 21.4. The summed E-state index contributed by atoms with van der Waals surface area (Å²) in [6.07, 6.45) is -5.08. The summed E-state index contributed by atoms with van der Waals surface area (Å²) in [4.78, 5) is 37.7. The molecule has 0 aliphatic carbocycles. The first-order valence-corrected chi connectivity index (χ1v) is 12.0. The van der Waals surface area contributed by atoms with E-state index in [9.17, 15) is 27.9 Å². The van der Waals surface area contributed by atoms with Crippen molar-refractivity contribution in [3.63, 3.8) is 0 Å². The van der Waals surface area contributed by atoms with Crippen molar-refractivity contribution in [2.24, 2.45) is 0 Å². The molecule has 1 aliphatic heterocycles. The van der Waals surface area contributed by atoms with Crippen LogP contribution in [0.25, 0.3) is 0 Å². The average molecular weight is 594 g/mol. The number of aliphatic carboxylic acids is 1. The van der Waals surface area contributed by atoms with Crippen LogP contribution in [-0.4, -0.2) is 60.4 Å². The lowest BCUT2D eigenvalue weighted by Crippen LogP contribution is -2.47. The number of carbonyl (C=O) groups is 3. The Morgan fingerprint density at radius 3 is 1.89 bits per heavy atom. The SMILES string of the molecule is O=C(Nc1ccc(N2CCN(c3ccccc3)CC2)c(C(=O)O)c1)c1ccc(Br)cc1.O=C(O)C(F)(F)F. The van der Waals surface area contributed by atoms with Crippen LogP contribution in [0, 0.1) is 0 Å². The van der Waals surface area contributed by atoms with Gasteiger partial charge in [-0.15, -0.1) is 0 Å². The highest BCUT2D eigenvalue weighted by atomic mass is 79.9. The third-order valence-corrected chi connectivity index (χ3v) is 6.10. The number of nitrogens with zero attached hydrogens (tertiary/aromatic N) is 2. The van der Waals surface area contributed by atoms with Crippen molar-refractivity contribution in [3.05, 3.63) is 88.4 Å². The van der Waals surface area contributed by atoms with Gasteiger partial charge in [-0.1, -0.05) is 34.1 Å². The number of benzene rings is 3. The molecule has 38 heavy (non-hydrogen) atoms. The highest BCUT2D eigenvalue weighted by Crippen LogP contribution is 2.27. The lowest BCUT2D eigenvalue weighted by atomic mass is 10.1. The van der Waals surface area contributed by atoms with Crippen molar-refractivity contribution < 1.29 is 37.8 Å². The number of hydrogen-bond donors (Lipinski definition) is 3. The smallest absolute Gasteiger partial charge is 0.478 e. The molecular formula is C26H23BrF3N3O5. The molecule has 0 radical (unpaired) electrons. The fourth-order valence-corrected chi connectivity index (χ4v) is 3.97. The number of carboxylic acids is 2. The largest absolute Gasteiger partial charge is 0.490 e. The zero-order chi connectivity index (χ0) is 27.9. The summed E-state index contributed by atoms with van der Waals surface area (Å²) in [5.41, 5.74) is 2.98. The molecule has 0 aromatic heterocycles. The molecule has 0 atom stereocenters. The summed E-state index contributed by atoms with van der Waals surface area (Å²) >= 11 is 3.34. The molecule has 3 aromatic carbocycles. The summed E-state index contributed by atoms with van der Waals surface area (Å²) in [5.74, 6) is -4.05. The fourth-order valence-electron chi connectivity index (χ4n) is 3.71. The molecule has 1 heterocycles. The number of alkyl halides is 3. The van der Waals surface area contributed by atoms with Gasteiger partial charge in [0.1, 0.15) is 0 Å². The van der Waals surface area contributed by atoms with Crippen molar-refractivity contribution in [1.82, 2.24) is 0 Å². The number of halogens is 4. The molecule has 1 saturated heterocycles. The summed E-state index contributed by atoms with van der Waals surface area (Å²) in [6.45, 7) is 3.07. The van der Waals surface area contributed by atoms with Gasteiger partial charge in [0, 0.05) is 47.6 Å². The number of amides is 1. The molecule has 200 valence electrons. The fraction of sp³-hybridized carbons (Fsp3) is 0.192. The number of carbonyl (C=O) groups excluding carboxylic acids is 1. The highest BCUT2D eigenvalue weighted by molar-refractivity contribution is 9.10. The minimum Gasteiger partial charge on any atom is -0.478 e. The van der Waals surface area contributed by atoms with Gasteiger partial charge < -0.3 is 25.3 Å². The van der Waals surface area contributed by atoms with E-state index in [1.165, 1.54) is 11.8 Å². The van der Waals surface area contributed by atoms with Gasteiger partial charge in [-0.05, 0) is 54.6 Å². The number of nitrogens with one attached hydrogen (secondary N) is 1. The molecular weight excluding hydrogens is 571 g/mol. The monoisotopic (exact) mass is 593 g/mol. The number of rotatable bonds is 5. The van der Waals surface area contributed by atoms with E-state index in [1.54, 1.807) is 36.4 Å². The van der Waals surface area contributed by atoms with E-state index in [1.807, 2.05) is 18.2 Å². The highest BCUT2D eigenvalue weighted by Gasteiger charge is 2.38. The Bertz CT molecular complexity index is 1280. The van der Waals surface area contributed by atoms with Gasteiger partial charge >= 0.3 is 18.1 Å². The molecule has 0 bridgehead atoms. The van der Waals surface area contributed by atoms with E-state index in [2.05, 4.69) is 43.2 Å². The second-order valence-corrected chi connectivity index (χ2v) is 9.03. The lowest BCUT2D eigenvalue weighted by Gasteiger charge is -2.38. The van der Waals surface area contributed by atoms with Crippen LogP contribution in [0.1, 0.15) is 20.7 Å². The van der Waals surface area contributed by atoms with Crippen molar-refractivity contribution >= 4 is 50.8 Å². The summed E-state index contributed by atoms with van der Waals surface area (Å²) in [7, 11) is 0. The summed E-state index contributed by atoms with van der Waals surface area (Å²) < 4.78 is 32.6. The Balaban J connectivity index is 0.000000505. The molecule has 3 N–H and O–H groups in total. The standard InChI is InChI=1S/C24H22BrN3O3.C2HF3O2/c25-18-8-6-17(7-9-18)23(29)26-19-10-11-22(21(16-19)24(30)31)28-14-12-27(13-15-28)20-4-2-1-3-5-20;3-2(4,5)1(6)7/h1-11,16H,12-15H2,(H,26,29)(H,30,31);(H,6,7). The van der Waals surface area contributed by atoms with Crippen LogP contribution < -0.4 is 15.1 Å². The van der Waals surface area contributed by atoms with Crippen LogP contribution in [0.4, 0.5) is 30.2 Å². The Morgan fingerprint density at radius 2 is 1.37 bits per heavy atom. The number of anilines is 3. The Morgan fingerprint density at radius 1 is 0.816 bits per heavy atom. The average Bonchev–Trinajstić information content (AvgIpc) is 2.89. The molecule has 12 heteroatoms. The number of aromatic carboxylic acids is 1. The van der Waals surface area contributed by atoms with Crippen LogP contribution in [0.15, 0.2) is 77.3 Å². The number of carboxylic acid groups (broad SMARTS) is 2. The number of hydrogen-bond acceptors (Lipinski definition) is 5. The van der Waals surface area contributed by atoms with Crippen molar-refractivity contribution in [2.45, 2.75) is 6.18 Å². The Kier molecular flexibility index (Phi) is 9.35. The molecule has 4 rings (SSSR count). The van der Waals surface area contributed by atoms with Crippen molar-refractivity contribution in [3.8, 4) is 0 Å². The molecule has 1 fully saturated rings. The Labute approximate surface area is 224 Å². The second kappa shape index (κ2) is 12.5. The van der Waals surface area contributed by atoms with Gasteiger partial charge in [0.15, 0.2) is 0 Å². The van der Waals surface area contributed by atoms with Gasteiger partial charge in [0.2, 0.25) is 0 Å². The van der Waals surface area contributed by atoms with E-state index in [0.29, 0.717) is 16.9 Å². The van der Waals surface area contributed by atoms with Crippen LogP contribution in [-0.2, 0) is 4.79 Å². The van der Waals surface area contributed by atoms with Crippen LogP contribution in [0.2, 0.25) is 0 Å². The van der Waals surface area contributed by atoms with Crippen molar-refractivity contribution in [1.29, 1.82) is 0 Å². The summed E-state index contributed by atoms with van der Waals surface area (Å²) in [5, 5.41) is 19.7. The third-order valence-electron chi connectivity index (χ3n) is 5.58. The van der Waals surface area contributed by atoms with Crippen LogP contribution in [0.3, 0.4) is 0 Å². The predicted octanol–water partition coefficient (Wildman–Crippen LogP) is 5.36. The summed E-state index contributed by atoms with van der Waals surface area (Å²) in [6, 6.07) is 22.2. The second-order valence-electron chi connectivity index (χ2n) is 8.11. The van der Waals surface area contributed by atoms with Crippen LogP contribution in [0.5, 0.6) is 0 Å². The maximum atomic E-state index is 12.5. The predicted molar refractivity (Wildman–Crippen MR) is 140 cm³/mol. The first kappa shape index (κ1) is 28.5. The van der Waals surface area contributed by atoms with Crippen LogP contribution >= 0.6 is 15.9 Å². The number of piperazine rings is 1. The van der Waals surface area contributed by atoms with Crippen molar-refractivity contribution in [2.75, 3.05) is 41.3 Å². The molecule has 8 nitrogen and oxygen atoms in total. The maximum absolute atomic E-state index is 12.5. The quantitative estimate of drug-likeness (QED) is 0.365. The minimum atomic E-state index is -5.08. The maximum Gasteiger partial charge on any atom is 0.490 e. The molecule has 0 saturated carbocycles. The van der Waals surface area contributed by atoms with Gasteiger partial charge in [0.25, 0.3) is 5.91 Å². The molecule has 3 aromatic rings. The molecule has 1 aliphatic rings. The zero-order valence-electron chi connectivity index (χ0n) is 19.8. The van der Waals surface area contributed by atoms with E-state index in [0.717, 1.165) is 30.7 Å². The minimum absolute atomic E-state index is 0.182. The number of para-hydroxylation sites is 1. The molecule has 1 amide bonds. The third kappa shape index (κ3) is 7.72.